The van der Waals surface area contributed by atoms with E-state index in [1.165, 1.54) is 0 Å². The van der Waals surface area contributed by atoms with Gasteiger partial charge >= 0.3 is 12.1 Å². The highest BCUT2D eigenvalue weighted by atomic mass is 19.4. The summed E-state index contributed by atoms with van der Waals surface area (Å²) in [5.41, 5.74) is -0.991. The van der Waals surface area contributed by atoms with Crippen LogP contribution in [0.2, 0.25) is 0 Å². The fourth-order valence-corrected chi connectivity index (χ4v) is 3.15. The predicted molar refractivity (Wildman–Crippen MR) is 76.6 cm³/mol. The van der Waals surface area contributed by atoms with Crippen molar-refractivity contribution in [3.05, 3.63) is 18.0 Å². The minimum Gasteiger partial charge on any atom is -0.480 e. The van der Waals surface area contributed by atoms with Crippen LogP contribution in [0.3, 0.4) is 0 Å². The molecule has 3 rings (SSSR count). The zero-order chi connectivity index (χ0) is 17.3. The molecule has 2 atom stereocenters. The molecule has 24 heavy (non-hydrogen) atoms. The van der Waals surface area contributed by atoms with E-state index in [1.807, 2.05) is 0 Å². The van der Waals surface area contributed by atoms with Crippen molar-refractivity contribution in [2.75, 3.05) is 44.3 Å². The summed E-state index contributed by atoms with van der Waals surface area (Å²) in [6.07, 6.45) is -3.44. The maximum absolute atomic E-state index is 12.9. The van der Waals surface area contributed by atoms with Gasteiger partial charge in [0.2, 0.25) is 5.95 Å². The second-order valence-electron chi connectivity index (χ2n) is 6.04. The summed E-state index contributed by atoms with van der Waals surface area (Å²) in [5.74, 6) is -0.949. The van der Waals surface area contributed by atoms with Gasteiger partial charge in [0.05, 0.1) is 25.8 Å². The summed E-state index contributed by atoms with van der Waals surface area (Å²) in [6, 6.07) is 0.543. The second kappa shape index (κ2) is 6.52. The molecule has 7 nitrogen and oxygen atoms in total. The molecule has 0 radical (unpaired) electrons. The van der Waals surface area contributed by atoms with E-state index in [0.29, 0.717) is 32.8 Å². The third-order valence-electron chi connectivity index (χ3n) is 4.09. The molecule has 10 heteroatoms. The van der Waals surface area contributed by atoms with Gasteiger partial charge in [0.1, 0.15) is 5.69 Å². The fraction of sp³-hybridized carbons (Fsp3) is 0.643. The van der Waals surface area contributed by atoms with Gasteiger partial charge in [-0.3, -0.25) is 9.69 Å². The third kappa shape index (κ3) is 3.75. The Balaban J connectivity index is 1.87. The van der Waals surface area contributed by atoms with Crippen LogP contribution in [0.5, 0.6) is 0 Å². The van der Waals surface area contributed by atoms with Gasteiger partial charge in [-0.1, -0.05) is 0 Å². The Kier molecular flexibility index (Phi) is 4.59. The van der Waals surface area contributed by atoms with E-state index in [2.05, 4.69) is 9.97 Å². The van der Waals surface area contributed by atoms with Gasteiger partial charge in [-0.05, 0) is 6.07 Å². The van der Waals surface area contributed by atoms with Gasteiger partial charge in [0, 0.05) is 31.7 Å². The number of hydrogen-bond acceptors (Lipinski definition) is 6. The van der Waals surface area contributed by atoms with E-state index in [4.69, 9.17) is 9.84 Å². The lowest BCUT2D eigenvalue weighted by Crippen LogP contribution is -2.45. The van der Waals surface area contributed by atoms with Crippen LogP contribution in [0.4, 0.5) is 19.1 Å². The summed E-state index contributed by atoms with van der Waals surface area (Å²) in [7, 11) is 0. The Morgan fingerprint density at radius 2 is 2.12 bits per heavy atom. The number of halogens is 3. The lowest BCUT2D eigenvalue weighted by molar-refractivity contribution is -0.141. The number of ether oxygens (including phenoxy) is 1. The van der Waals surface area contributed by atoms with Gasteiger partial charge in [0.25, 0.3) is 0 Å². The van der Waals surface area contributed by atoms with Crippen LogP contribution >= 0.6 is 0 Å². The van der Waals surface area contributed by atoms with Crippen LogP contribution in [0.1, 0.15) is 5.69 Å². The van der Waals surface area contributed by atoms with Crippen molar-refractivity contribution in [2.24, 2.45) is 5.92 Å². The Morgan fingerprint density at radius 1 is 1.33 bits per heavy atom. The molecular weight excluding hydrogens is 329 g/mol. The number of hydrogen-bond donors (Lipinski definition) is 1. The van der Waals surface area contributed by atoms with Crippen molar-refractivity contribution in [3.8, 4) is 0 Å². The SMILES string of the molecule is O=C(O)CN1C[C@@H]2COC[C@H](C1)N(c1nccc(C(F)(F)F)n1)C2. The molecule has 0 saturated carbocycles. The topological polar surface area (TPSA) is 78.8 Å². The standard InChI is InChI=1S/C14H17F3N4O3/c15-14(16,17)11-1-2-18-13(19-11)21-4-9-3-20(6-12(22)23)5-10(21)8-24-7-9/h1-2,9-10H,3-8H2,(H,22,23)/t9-,10-/m0/s1. The smallest absolute Gasteiger partial charge is 0.433 e. The molecule has 2 bridgehead atoms. The van der Waals surface area contributed by atoms with Crippen LogP contribution in [0.25, 0.3) is 0 Å². The first-order valence-corrected chi connectivity index (χ1v) is 7.51. The van der Waals surface area contributed by atoms with Crippen LogP contribution in [-0.2, 0) is 15.7 Å². The summed E-state index contributed by atoms with van der Waals surface area (Å²) in [4.78, 5) is 22.1. The second-order valence-corrected chi connectivity index (χ2v) is 6.04. The third-order valence-corrected chi connectivity index (χ3v) is 4.09. The molecule has 0 aromatic carbocycles. The molecule has 1 aromatic rings. The van der Waals surface area contributed by atoms with Crippen molar-refractivity contribution in [3.63, 3.8) is 0 Å². The average Bonchev–Trinajstić information content (AvgIpc) is 2.76. The summed E-state index contributed by atoms with van der Waals surface area (Å²) in [6.45, 7) is 1.95. The molecule has 0 amide bonds. The van der Waals surface area contributed by atoms with Crippen molar-refractivity contribution in [1.82, 2.24) is 14.9 Å². The number of fused-ring (bicyclic) bond motifs is 3. The normalized spacial score (nSPS) is 25.4. The first kappa shape index (κ1) is 16.9. The van der Waals surface area contributed by atoms with E-state index < -0.39 is 17.8 Å². The largest absolute Gasteiger partial charge is 0.480 e. The number of carbonyl (C=O) groups is 1. The molecule has 0 aliphatic carbocycles. The summed E-state index contributed by atoms with van der Waals surface area (Å²) < 4.78 is 44.2. The number of anilines is 1. The molecule has 1 N–H and O–H groups in total. The summed E-state index contributed by atoms with van der Waals surface area (Å²) in [5, 5.41) is 8.99. The number of rotatable bonds is 3. The van der Waals surface area contributed by atoms with Crippen molar-refractivity contribution in [2.45, 2.75) is 12.2 Å². The highest BCUT2D eigenvalue weighted by molar-refractivity contribution is 5.69. The molecular formula is C14H17F3N4O3. The zero-order valence-electron chi connectivity index (χ0n) is 12.7. The first-order chi connectivity index (χ1) is 11.3. The molecule has 3 heterocycles. The molecule has 0 spiro atoms. The van der Waals surface area contributed by atoms with Gasteiger partial charge in [-0.15, -0.1) is 0 Å². The van der Waals surface area contributed by atoms with Gasteiger partial charge in [-0.25, -0.2) is 9.97 Å². The molecule has 2 aliphatic rings. The Morgan fingerprint density at radius 3 is 2.83 bits per heavy atom. The quantitative estimate of drug-likeness (QED) is 0.864. The van der Waals surface area contributed by atoms with E-state index in [-0.39, 0.29) is 24.5 Å². The van der Waals surface area contributed by atoms with Crippen LogP contribution in [-0.4, -0.2) is 71.4 Å². The van der Waals surface area contributed by atoms with E-state index >= 15 is 0 Å². The molecule has 1 aromatic heterocycles. The Hall–Kier alpha value is -1.94. The first-order valence-electron chi connectivity index (χ1n) is 7.51. The fourth-order valence-electron chi connectivity index (χ4n) is 3.15. The van der Waals surface area contributed by atoms with Crippen molar-refractivity contribution >= 4 is 11.9 Å². The highest BCUT2D eigenvalue weighted by Crippen LogP contribution is 2.29. The van der Waals surface area contributed by atoms with Gasteiger partial charge in [0.15, 0.2) is 0 Å². The Bertz CT molecular complexity index is 613. The van der Waals surface area contributed by atoms with E-state index in [1.54, 1.807) is 9.80 Å². The van der Waals surface area contributed by atoms with Crippen LogP contribution < -0.4 is 4.90 Å². The monoisotopic (exact) mass is 346 g/mol. The average molecular weight is 346 g/mol. The van der Waals surface area contributed by atoms with Crippen molar-refractivity contribution < 1.29 is 27.8 Å². The number of carboxylic acids is 1. The van der Waals surface area contributed by atoms with E-state index in [9.17, 15) is 18.0 Å². The highest BCUT2D eigenvalue weighted by Gasteiger charge is 2.37. The zero-order valence-corrected chi connectivity index (χ0v) is 12.7. The molecule has 132 valence electrons. The minimum absolute atomic E-state index is 0.00231. The number of carboxylic acid groups (broad SMARTS) is 1. The van der Waals surface area contributed by atoms with Gasteiger partial charge in [-0.2, -0.15) is 13.2 Å². The summed E-state index contributed by atoms with van der Waals surface area (Å²) >= 11 is 0. The maximum atomic E-state index is 12.9. The molecule has 2 saturated heterocycles. The number of aliphatic carboxylic acids is 1. The van der Waals surface area contributed by atoms with Crippen LogP contribution in [0.15, 0.2) is 12.3 Å². The Labute approximate surface area is 136 Å². The lowest BCUT2D eigenvalue weighted by Gasteiger charge is -2.30. The molecule has 2 aliphatic heterocycles. The minimum atomic E-state index is -4.54. The van der Waals surface area contributed by atoms with Crippen molar-refractivity contribution in [1.29, 1.82) is 0 Å². The molecule has 2 fully saturated rings. The predicted octanol–water partition coefficient (Wildman–Crippen LogP) is 0.717. The molecule has 0 unspecified atom stereocenters. The maximum Gasteiger partial charge on any atom is 0.433 e. The number of aromatic nitrogens is 2. The van der Waals surface area contributed by atoms with E-state index in [0.717, 1.165) is 12.3 Å². The lowest BCUT2D eigenvalue weighted by atomic mass is 10.1. The van der Waals surface area contributed by atoms with Gasteiger partial charge < -0.3 is 14.7 Å². The number of alkyl halides is 3. The number of nitrogens with zero attached hydrogens (tertiary/aromatic N) is 4. The van der Waals surface area contributed by atoms with Crippen LogP contribution in [0, 0.1) is 5.92 Å².